The highest BCUT2D eigenvalue weighted by Crippen LogP contribution is 2.35. The molecule has 0 aliphatic carbocycles. The van der Waals surface area contributed by atoms with E-state index in [0.717, 1.165) is 43.7 Å². The van der Waals surface area contributed by atoms with Gasteiger partial charge in [0.2, 0.25) is 5.82 Å². The number of hydrogen-bond donors (Lipinski definition) is 1. The quantitative estimate of drug-likeness (QED) is 0.297. The lowest BCUT2D eigenvalue weighted by Crippen LogP contribution is -2.38. The molecule has 0 radical (unpaired) electrons. The van der Waals surface area contributed by atoms with Crippen molar-refractivity contribution in [2.24, 2.45) is 0 Å². The van der Waals surface area contributed by atoms with Crippen LogP contribution in [0.2, 0.25) is 0 Å². The number of piperidine rings is 1. The van der Waals surface area contributed by atoms with Gasteiger partial charge in [0.25, 0.3) is 0 Å². The number of aromatic nitrogens is 3. The number of nitrogens with zero attached hydrogens (tertiary/aromatic N) is 5. The Morgan fingerprint density at radius 1 is 0.842 bits per heavy atom. The molecule has 1 N–H and O–H groups in total. The second kappa shape index (κ2) is 10.8. The summed E-state index contributed by atoms with van der Waals surface area (Å²) in [5.41, 5.74) is 6.20. The maximum Gasteiger partial charge on any atom is 0.234 e. The summed E-state index contributed by atoms with van der Waals surface area (Å²) in [6, 6.07) is 30.4. The van der Waals surface area contributed by atoms with Gasteiger partial charge in [0.05, 0.1) is 0 Å². The second-order valence-electron chi connectivity index (χ2n) is 9.76. The molecule has 5 aromatic rings. The van der Waals surface area contributed by atoms with E-state index in [1.165, 1.54) is 33.2 Å². The summed E-state index contributed by atoms with van der Waals surface area (Å²) in [5.74, 6) is 0.929. The van der Waals surface area contributed by atoms with Gasteiger partial charge in [0, 0.05) is 49.7 Å². The second-order valence-corrected chi connectivity index (χ2v) is 9.76. The van der Waals surface area contributed by atoms with Crippen LogP contribution in [0.5, 0.6) is 0 Å². The highest BCUT2D eigenvalue weighted by atomic mass is 15.1. The van der Waals surface area contributed by atoms with Gasteiger partial charge in [-0.25, -0.2) is 9.97 Å². The first kappa shape index (κ1) is 23.8. The highest BCUT2D eigenvalue weighted by Gasteiger charge is 2.20. The number of benzene rings is 3. The topological polar surface area (TPSA) is 77.7 Å². The SMILES string of the molecule is N#Cc1nccc(NC2CCN(Cc3ccc(-c4cc5ccncc5cc4-c4ccccc4)cc3)CC2)n1. The summed E-state index contributed by atoms with van der Waals surface area (Å²) >= 11 is 0. The van der Waals surface area contributed by atoms with Crippen molar-refractivity contribution in [3.8, 4) is 28.3 Å². The van der Waals surface area contributed by atoms with Crippen LogP contribution in [0.3, 0.4) is 0 Å². The minimum atomic E-state index is 0.201. The molecule has 1 aliphatic rings. The van der Waals surface area contributed by atoms with Crippen molar-refractivity contribution in [1.82, 2.24) is 19.9 Å². The number of rotatable bonds is 6. The van der Waals surface area contributed by atoms with E-state index in [1.807, 2.05) is 24.5 Å². The summed E-state index contributed by atoms with van der Waals surface area (Å²) in [6.07, 6.45) is 7.50. The fraction of sp³-hybridized carbons (Fsp3) is 0.188. The van der Waals surface area contributed by atoms with Crippen molar-refractivity contribution < 1.29 is 0 Å². The standard InChI is InChI=1S/C32H28N6/c33-20-32-35-15-11-31(37-32)36-28-12-16-38(17-13-28)22-23-6-8-25(9-7-23)29-18-26-10-14-34-21-27(26)19-30(29)24-4-2-1-3-5-24/h1-11,14-15,18-19,21,28H,12-13,16-17,22H2,(H,35,36,37). The Hall–Kier alpha value is -4.60. The molecule has 6 rings (SSSR count). The van der Waals surface area contributed by atoms with Gasteiger partial charge in [0.15, 0.2) is 0 Å². The van der Waals surface area contributed by atoms with Crippen LogP contribution in [0.25, 0.3) is 33.0 Å². The molecule has 0 spiro atoms. The van der Waals surface area contributed by atoms with Crippen molar-refractivity contribution in [1.29, 1.82) is 5.26 Å². The molecule has 0 bridgehead atoms. The number of fused-ring (bicyclic) bond motifs is 1. The Balaban J connectivity index is 1.15. The minimum Gasteiger partial charge on any atom is -0.367 e. The number of nitrogens with one attached hydrogen (secondary N) is 1. The molecule has 0 amide bonds. The third-order valence-corrected chi connectivity index (χ3v) is 7.23. The maximum atomic E-state index is 9.02. The van der Waals surface area contributed by atoms with Gasteiger partial charge in [-0.05, 0) is 70.3 Å². The lowest BCUT2D eigenvalue weighted by molar-refractivity contribution is 0.211. The van der Waals surface area contributed by atoms with E-state index in [-0.39, 0.29) is 5.82 Å². The van der Waals surface area contributed by atoms with Crippen LogP contribution in [-0.4, -0.2) is 39.0 Å². The molecule has 186 valence electrons. The predicted octanol–water partition coefficient (Wildman–Crippen LogP) is 6.31. The smallest absolute Gasteiger partial charge is 0.234 e. The molecule has 6 heteroatoms. The predicted molar refractivity (Wildman–Crippen MR) is 151 cm³/mol. The van der Waals surface area contributed by atoms with Gasteiger partial charge in [-0.2, -0.15) is 5.26 Å². The zero-order chi connectivity index (χ0) is 25.7. The third kappa shape index (κ3) is 5.24. The molecule has 0 unspecified atom stereocenters. The van der Waals surface area contributed by atoms with Crippen molar-refractivity contribution in [3.63, 3.8) is 0 Å². The number of pyridine rings is 1. The van der Waals surface area contributed by atoms with E-state index in [4.69, 9.17) is 5.26 Å². The molecule has 0 saturated carbocycles. The monoisotopic (exact) mass is 496 g/mol. The van der Waals surface area contributed by atoms with E-state index in [2.05, 4.69) is 98.0 Å². The number of anilines is 1. The fourth-order valence-corrected chi connectivity index (χ4v) is 5.22. The number of nitriles is 1. The maximum absolute atomic E-state index is 9.02. The van der Waals surface area contributed by atoms with E-state index in [9.17, 15) is 0 Å². The largest absolute Gasteiger partial charge is 0.367 e. The van der Waals surface area contributed by atoms with E-state index >= 15 is 0 Å². The molecular weight excluding hydrogens is 468 g/mol. The van der Waals surface area contributed by atoms with Crippen LogP contribution in [0.4, 0.5) is 5.82 Å². The molecule has 2 aromatic heterocycles. The first-order chi connectivity index (χ1) is 18.7. The van der Waals surface area contributed by atoms with E-state index in [1.54, 1.807) is 6.20 Å². The first-order valence-electron chi connectivity index (χ1n) is 13.0. The zero-order valence-corrected chi connectivity index (χ0v) is 21.1. The van der Waals surface area contributed by atoms with Gasteiger partial charge < -0.3 is 5.32 Å². The Bertz CT molecular complexity index is 1580. The summed E-state index contributed by atoms with van der Waals surface area (Å²) in [6.45, 7) is 2.98. The Morgan fingerprint density at radius 3 is 2.34 bits per heavy atom. The molecular formula is C32H28N6. The van der Waals surface area contributed by atoms with Gasteiger partial charge in [-0.15, -0.1) is 0 Å². The number of hydrogen-bond acceptors (Lipinski definition) is 6. The van der Waals surface area contributed by atoms with Crippen LogP contribution in [-0.2, 0) is 6.54 Å². The summed E-state index contributed by atoms with van der Waals surface area (Å²) in [4.78, 5) is 15.0. The molecule has 6 nitrogen and oxygen atoms in total. The average Bonchev–Trinajstić information content (AvgIpc) is 2.98. The van der Waals surface area contributed by atoms with Gasteiger partial charge in [-0.1, -0.05) is 54.6 Å². The Kier molecular flexibility index (Phi) is 6.75. The van der Waals surface area contributed by atoms with Crippen LogP contribution in [0, 0.1) is 11.3 Å². The summed E-state index contributed by atoms with van der Waals surface area (Å²) in [5, 5.41) is 14.8. The summed E-state index contributed by atoms with van der Waals surface area (Å²) in [7, 11) is 0. The first-order valence-corrected chi connectivity index (χ1v) is 13.0. The molecule has 38 heavy (non-hydrogen) atoms. The molecule has 3 aromatic carbocycles. The van der Waals surface area contributed by atoms with Crippen molar-refractivity contribution in [2.45, 2.75) is 25.4 Å². The molecule has 1 saturated heterocycles. The number of likely N-dealkylation sites (tertiary alicyclic amines) is 1. The lowest BCUT2D eigenvalue weighted by atomic mass is 9.91. The Morgan fingerprint density at radius 2 is 1.58 bits per heavy atom. The van der Waals surface area contributed by atoms with Crippen LogP contribution >= 0.6 is 0 Å². The molecule has 3 heterocycles. The van der Waals surface area contributed by atoms with Crippen molar-refractivity contribution in [3.05, 3.63) is 109 Å². The third-order valence-electron chi connectivity index (χ3n) is 7.23. The van der Waals surface area contributed by atoms with Crippen LogP contribution in [0.1, 0.15) is 24.2 Å². The van der Waals surface area contributed by atoms with Crippen molar-refractivity contribution in [2.75, 3.05) is 18.4 Å². The van der Waals surface area contributed by atoms with Gasteiger partial charge in [0.1, 0.15) is 11.9 Å². The van der Waals surface area contributed by atoms with Gasteiger partial charge >= 0.3 is 0 Å². The van der Waals surface area contributed by atoms with Crippen LogP contribution in [0.15, 0.2) is 97.5 Å². The molecule has 0 atom stereocenters. The van der Waals surface area contributed by atoms with Gasteiger partial charge in [-0.3, -0.25) is 9.88 Å². The van der Waals surface area contributed by atoms with Crippen molar-refractivity contribution >= 4 is 16.6 Å². The highest BCUT2D eigenvalue weighted by molar-refractivity contribution is 5.96. The summed E-state index contributed by atoms with van der Waals surface area (Å²) < 4.78 is 0. The normalized spacial score (nSPS) is 14.3. The average molecular weight is 497 g/mol. The lowest BCUT2D eigenvalue weighted by Gasteiger charge is -2.32. The Labute approximate surface area is 222 Å². The zero-order valence-electron chi connectivity index (χ0n) is 21.1. The van der Waals surface area contributed by atoms with E-state index < -0.39 is 0 Å². The molecule has 1 aliphatic heterocycles. The minimum absolute atomic E-state index is 0.201. The molecule has 1 fully saturated rings. The van der Waals surface area contributed by atoms with E-state index in [0.29, 0.717) is 6.04 Å². The fourth-order valence-electron chi connectivity index (χ4n) is 5.22. The van der Waals surface area contributed by atoms with Crippen LogP contribution < -0.4 is 5.32 Å².